The van der Waals surface area contributed by atoms with Crippen LogP contribution in [0.2, 0.25) is 0 Å². The maximum atomic E-state index is 12.3. The smallest absolute Gasteiger partial charge is 0.233 e. The van der Waals surface area contributed by atoms with E-state index in [9.17, 15) is 14.4 Å². The summed E-state index contributed by atoms with van der Waals surface area (Å²) in [6.45, 7) is 0. The van der Waals surface area contributed by atoms with Gasteiger partial charge in [0.05, 0.1) is 5.69 Å². The lowest BCUT2D eigenvalue weighted by Crippen LogP contribution is -2.40. The van der Waals surface area contributed by atoms with Crippen LogP contribution in [0.4, 0.5) is 11.4 Å². The first-order valence-corrected chi connectivity index (χ1v) is 9.36. The van der Waals surface area contributed by atoms with Crippen LogP contribution < -0.4 is 10.2 Å². The number of piperidine rings is 1. The van der Waals surface area contributed by atoms with Crippen LogP contribution in [0.5, 0.6) is 0 Å². The molecule has 2 bridgehead atoms. The van der Waals surface area contributed by atoms with E-state index in [1.807, 2.05) is 0 Å². The van der Waals surface area contributed by atoms with E-state index in [1.165, 1.54) is 30.6 Å². The number of carbonyl (C=O) groups is 3. The molecule has 1 N–H and O–H groups in total. The highest BCUT2D eigenvalue weighted by atomic mass is 16.2. The van der Waals surface area contributed by atoms with Crippen molar-refractivity contribution in [3.8, 4) is 0 Å². The van der Waals surface area contributed by atoms with Crippen molar-refractivity contribution in [1.29, 1.82) is 0 Å². The number of carbonyl (C=O) groups excluding carboxylic acids is 3. The van der Waals surface area contributed by atoms with Gasteiger partial charge in [0, 0.05) is 24.9 Å². The van der Waals surface area contributed by atoms with Gasteiger partial charge in [-0.1, -0.05) is 6.42 Å². The Morgan fingerprint density at radius 1 is 1.04 bits per heavy atom. The van der Waals surface area contributed by atoms with Gasteiger partial charge in [-0.25, -0.2) is 0 Å². The Morgan fingerprint density at radius 3 is 2.36 bits per heavy atom. The van der Waals surface area contributed by atoms with E-state index in [0.717, 1.165) is 11.8 Å². The summed E-state index contributed by atoms with van der Waals surface area (Å²) in [6.07, 6.45) is 7.20. The Balaban J connectivity index is 1.36. The van der Waals surface area contributed by atoms with E-state index in [-0.39, 0.29) is 17.7 Å². The van der Waals surface area contributed by atoms with Crippen LogP contribution in [-0.2, 0) is 14.4 Å². The standard InChI is InChI=1S/C20H24N2O3/c23-18(12-15-11-13-4-5-14(15)10-13)21-16-6-8-17(9-7-16)22-19(24)2-1-3-20(22)25/h6-9,13-15H,1-5,10-12H2,(H,21,23). The van der Waals surface area contributed by atoms with Crippen LogP contribution in [0, 0.1) is 17.8 Å². The molecule has 2 saturated carbocycles. The molecule has 1 aromatic rings. The number of nitrogens with zero attached hydrogens (tertiary/aromatic N) is 1. The lowest BCUT2D eigenvalue weighted by molar-refractivity contribution is -0.129. The van der Waals surface area contributed by atoms with Gasteiger partial charge in [0.25, 0.3) is 0 Å². The van der Waals surface area contributed by atoms with Gasteiger partial charge in [0.2, 0.25) is 17.7 Å². The van der Waals surface area contributed by atoms with E-state index >= 15 is 0 Å². The summed E-state index contributed by atoms with van der Waals surface area (Å²) in [4.78, 5) is 37.5. The van der Waals surface area contributed by atoms with Crippen molar-refractivity contribution in [3.63, 3.8) is 0 Å². The number of rotatable bonds is 4. The molecule has 1 aliphatic heterocycles. The molecule has 1 heterocycles. The molecule has 3 aliphatic rings. The van der Waals surface area contributed by atoms with Crippen LogP contribution in [0.3, 0.4) is 0 Å². The largest absolute Gasteiger partial charge is 0.326 e. The lowest BCUT2D eigenvalue weighted by Gasteiger charge is -2.25. The first-order valence-electron chi connectivity index (χ1n) is 9.36. The van der Waals surface area contributed by atoms with Crippen molar-refractivity contribution in [1.82, 2.24) is 0 Å². The molecule has 5 heteroatoms. The fourth-order valence-corrected chi connectivity index (χ4v) is 4.81. The quantitative estimate of drug-likeness (QED) is 0.853. The monoisotopic (exact) mass is 340 g/mol. The number of hydrogen-bond donors (Lipinski definition) is 1. The zero-order chi connectivity index (χ0) is 17.4. The maximum absolute atomic E-state index is 12.3. The normalized spacial score (nSPS) is 28.5. The molecule has 5 nitrogen and oxygen atoms in total. The number of imide groups is 1. The molecule has 4 rings (SSSR count). The van der Waals surface area contributed by atoms with Crippen molar-refractivity contribution in [2.24, 2.45) is 17.8 Å². The first-order chi connectivity index (χ1) is 12.1. The second-order valence-corrected chi connectivity index (χ2v) is 7.71. The van der Waals surface area contributed by atoms with E-state index in [4.69, 9.17) is 0 Å². The Bertz CT molecular complexity index is 681. The second kappa shape index (κ2) is 6.62. The topological polar surface area (TPSA) is 66.5 Å². The Kier molecular flexibility index (Phi) is 4.32. The highest BCUT2D eigenvalue weighted by Gasteiger charge is 2.40. The minimum absolute atomic E-state index is 0.0652. The van der Waals surface area contributed by atoms with E-state index < -0.39 is 0 Å². The average Bonchev–Trinajstić information content (AvgIpc) is 3.19. The van der Waals surface area contributed by atoms with E-state index in [1.54, 1.807) is 24.3 Å². The van der Waals surface area contributed by atoms with Gasteiger partial charge in [0.1, 0.15) is 0 Å². The van der Waals surface area contributed by atoms with E-state index in [2.05, 4.69) is 5.32 Å². The second-order valence-electron chi connectivity index (χ2n) is 7.71. The third kappa shape index (κ3) is 3.32. The van der Waals surface area contributed by atoms with Gasteiger partial charge in [-0.3, -0.25) is 19.3 Å². The Labute approximate surface area is 147 Å². The van der Waals surface area contributed by atoms with Gasteiger partial charge in [-0.2, -0.15) is 0 Å². The molecule has 1 aromatic carbocycles. The zero-order valence-corrected chi connectivity index (χ0v) is 14.4. The molecular formula is C20H24N2O3. The summed E-state index contributed by atoms with van der Waals surface area (Å²) in [5.41, 5.74) is 1.30. The number of hydrogen-bond acceptors (Lipinski definition) is 3. The molecule has 3 amide bonds. The van der Waals surface area contributed by atoms with Crippen molar-refractivity contribution in [3.05, 3.63) is 24.3 Å². The highest BCUT2D eigenvalue weighted by molar-refractivity contribution is 6.16. The van der Waals surface area contributed by atoms with Gasteiger partial charge in [0.15, 0.2) is 0 Å². The molecule has 0 spiro atoms. The summed E-state index contributed by atoms with van der Waals surface area (Å²) in [7, 11) is 0. The predicted octanol–water partition coefficient (Wildman–Crippen LogP) is 3.49. The fraction of sp³-hybridized carbons (Fsp3) is 0.550. The maximum Gasteiger partial charge on any atom is 0.233 e. The van der Waals surface area contributed by atoms with Crippen LogP contribution in [0.25, 0.3) is 0 Å². The number of amides is 3. The van der Waals surface area contributed by atoms with Crippen molar-refractivity contribution in [2.75, 3.05) is 10.2 Å². The minimum Gasteiger partial charge on any atom is -0.326 e. The SMILES string of the molecule is O=C(CC1CC2CCC1C2)Nc1ccc(N2C(=O)CCCC2=O)cc1. The number of nitrogens with one attached hydrogen (secondary N) is 1. The van der Waals surface area contributed by atoms with Crippen molar-refractivity contribution < 1.29 is 14.4 Å². The lowest BCUT2D eigenvalue weighted by atomic mass is 9.86. The molecule has 3 fully saturated rings. The summed E-state index contributed by atoms with van der Waals surface area (Å²) >= 11 is 0. The number of anilines is 2. The van der Waals surface area contributed by atoms with Gasteiger partial charge >= 0.3 is 0 Å². The highest BCUT2D eigenvalue weighted by Crippen LogP contribution is 2.49. The van der Waals surface area contributed by atoms with Crippen LogP contribution in [-0.4, -0.2) is 17.7 Å². The summed E-state index contributed by atoms with van der Waals surface area (Å²) < 4.78 is 0. The molecule has 0 aromatic heterocycles. The third-order valence-electron chi connectivity index (χ3n) is 6.02. The van der Waals surface area contributed by atoms with E-state index in [0.29, 0.717) is 43.0 Å². The molecule has 3 atom stereocenters. The molecule has 1 saturated heterocycles. The van der Waals surface area contributed by atoms with Crippen LogP contribution in [0.15, 0.2) is 24.3 Å². The molecule has 3 unspecified atom stereocenters. The van der Waals surface area contributed by atoms with Crippen molar-refractivity contribution >= 4 is 29.1 Å². The zero-order valence-electron chi connectivity index (χ0n) is 14.4. The average molecular weight is 340 g/mol. The van der Waals surface area contributed by atoms with Crippen LogP contribution >= 0.6 is 0 Å². The predicted molar refractivity (Wildman–Crippen MR) is 95.0 cm³/mol. The Morgan fingerprint density at radius 2 is 1.76 bits per heavy atom. The van der Waals surface area contributed by atoms with Gasteiger partial charge in [-0.15, -0.1) is 0 Å². The molecule has 25 heavy (non-hydrogen) atoms. The summed E-state index contributed by atoms with van der Waals surface area (Å²) in [5, 5.41) is 2.95. The summed E-state index contributed by atoms with van der Waals surface area (Å²) in [5.74, 6) is 1.90. The third-order valence-corrected chi connectivity index (χ3v) is 6.02. The number of benzene rings is 1. The fourth-order valence-electron chi connectivity index (χ4n) is 4.81. The Hall–Kier alpha value is -2.17. The first kappa shape index (κ1) is 16.3. The van der Waals surface area contributed by atoms with Crippen LogP contribution in [0.1, 0.15) is 51.4 Å². The molecular weight excluding hydrogens is 316 g/mol. The van der Waals surface area contributed by atoms with Gasteiger partial charge in [-0.05, 0) is 67.7 Å². The molecule has 2 aliphatic carbocycles. The molecule has 0 radical (unpaired) electrons. The van der Waals surface area contributed by atoms with Gasteiger partial charge < -0.3 is 5.32 Å². The molecule has 132 valence electrons. The summed E-state index contributed by atoms with van der Waals surface area (Å²) in [6, 6.07) is 6.99. The van der Waals surface area contributed by atoms with Crippen molar-refractivity contribution in [2.45, 2.75) is 51.4 Å². The number of fused-ring (bicyclic) bond motifs is 2. The minimum atomic E-state index is -0.149.